The predicted molar refractivity (Wildman–Crippen MR) is 81.6 cm³/mol. The summed E-state index contributed by atoms with van der Waals surface area (Å²) in [5.74, 6) is 0.117. The highest BCUT2D eigenvalue weighted by Gasteiger charge is 2.23. The average Bonchev–Trinajstić information content (AvgIpc) is 2.51. The van der Waals surface area contributed by atoms with Gasteiger partial charge in [-0.1, -0.05) is 38.1 Å². The maximum atomic E-state index is 12.2. The number of fused-ring (bicyclic) bond motifs is 1. The summed E-state index contributed by atoms with van der Waals surface area (Å²) in [7, 11) is 0. The molecule has 0 saturated carbocycles. The molecule has 1 aliphatic heterocycles. The number of hydrogen-bond donors (Lipinski definition) is 2. The van der Waals surface area contributed by atoms with Gasteiger partial charge in [-0.05, 0) is 30.6 Å². The molecular formula is C16H25N3O. The minimum atomic E-state index is -0.0957. The molecule has 1 atom stereocenters. The fourth-order valence-electron chi connectivity index (χ4n) is 2.64. The zero-order chi connectivity index (χ0) is 14.4. The van der Waals surface area contributed by atoms with Gasteiger partial charge in [0.15, 0.2) is 0 Å². The van der Waals surface area contributed by atoms with Crippen molar-refractivity contribution >= 4 is 5.91 Å². The van der Waals surface area contributed by atoms with E-state index in [-0.39, 0.29) is 11.9 Å². The van der Waals surface area contributed by atoms with Crippen molar-refractivity contribution < 1.29 is 4.79 Å². The second-order valence-corrected chi connectivity index (χ2v) is 5.22. The van der Waals surface area contributed by atoms with Crippen LogP contribution in [-0.2, 0) is 17.8 Å². The van der Waals surface area contributed by atoms with Gasteiger partial charge < -0.3 is 15.5 Å². The van der Waals surface area contributed by atoms with Crippen LogP contribution >= 0.6 is 0 Å². The average molecular weight is 275 g/mol. The van der Waals surface area contributed by atoms with Crippen LogP contribution in [0.25, 0.3) is 0 Å². The monoisotopic (exact) mass is 275 g/mol. The molecule has 110 valence electrons. The summed E-state index contributed by atoms with van der Waals surface area (Å²) in [6.07, 6.45) is 0.785. The first-order chi connectivity index (χ1) is 9.74. The number of carbonyl (C=O) groups is 1. The number of carbonyl (C=O) groups excluding carboxylic acids is 1. The van der Waals surface area contributed by atoms with Crippen LogP contribution in [0.2, 0.25) is 0 Å². The van der Waals surface area contributed by atoms with E-state index in [0.717, 1.165) is 39.1 Å². The molecule has 0 radical (unpaired) electrons. The Labute approximate surface area is 121 Å². The standard InChI is InChI=1S/C16H25N3O/c1-3-19(4-2)10-9-17-16(20)15-11-13-7-5-6-8-14(13)12-18-15/h5-8,15,18H,3-4,9-12H2,1-2H3,(H,17,20). The van der Waals surface area contributed by atoms with E-state index in [4.69, 9.17) is 0 Å². The number of hydrogen-bond acceptors (Lipinski definition) is 3. The van der Waals surface area contributed by atoms with Gasteiger partial charge in [0.2, 0.25) is 5.91 Å². The van der Waals surface area contributed by atoms with Gasteiger partial charge in [0.05, 0.1) is 6.04 Å². The maximum Gasteiger partial charge on any atom is 0.237 e. The fourth-order valence-corrected chi connectivity index (χ4v) is 2.64. The molecule has 1 heterocycles. The van der Waals surface area contributed by atoms with Crippen LogP contribution in [0.15, 0.2) is 24.3 Å². The van der Waals surface area contributed by atoms with Gasteiger partial charge in [-0.15, -0.1) is 0 Å². The fraction of sp³-hybridized carbons (Fsp3) is 0.562. The number of rotatable bonds is 6. The molecule has 0 fully saturated rings. The van der Waals surface area contributed by atoms with Crippen molar-refractivity contribution in [2.24, 2.45) is 0 Å². The molecular weight excluding hydrogens is 250 g/mol. The molecule has 4 nitrogen and oxygen atoms in total. The Bertz CT molecular complexity index is 443. The number of nitrogens with zero attached hydrogens (tertiary/aromatic N) is 1. The van der Waals surface area contributed by atoms with Gasteiger partial charge in [0.25, 0.3) is 0 Å². The molecule has 0 spiro atoms. The molecule has 1 amide bonds. The third kappa shape index (κ3) is 3.81. The second-order valence-electron chi connectivity index (χ2n) is 5.22. The minimum Gasteiger partial charge on any atom is -0.353 e. The van der Waals surface area contributed by atoms with Gasteiger partial charge >= 0.3 is 0 Å². The maximum absolute atomic E-state index is 12.2. The van der Waals surface area contributed by atoms with E-state index in [1.54, 1.807) is 0 Å². The summed E-state index contributed by atoms with van der Waals surface area (Å²) in [5.41, 5.74) is 2.59. The smallest absolute Gasteiger partial charge is 0.237 e. The number of benzene rings is 1. The van der Waals surface area contributed by atoms with E-state index in [0.29, 0.717) is 0 Å². The molecule has 2 N–H and O–H groups in total. The van der Waals surface area contributed by atoms with Crippen LogP contribution in [0.3, 0.4) is 0 Å². The number of nitrogens with one attached hydrogen (secondary N) is 2. The predicted octanol–water partition coefficient (Wildman–Crippen LogP) is 1.16. The Morgan fingerprint density at radius 1 is 1.30 bits per heavy atom. The minimum absolute atomic E-state index is 0.0957. The largest absolute Gasteiger partial charge is 0.353 e. The molecule has 4 heteroatoms. The van der Waals surface area contributed by atoms with E-state index >= 15 is 0 Å². The van der Waals surface area contributed by atoms with Gasteiger partial charge in [-0.3, -0.25) is 4.79 Å². The molecule has 1 aromatic carbocycles. The van der Waals surface area contributed by atoms with Crippen molar-refractivity contribution in [2.45, 2.75) is 32.9 Å². The van der Waals surface area contributed by atoms with Crippen molar-refractivity contribution in [1.29, 1.82) is 0 Å². The molecule has 1 aliphatic rings. The Hall–Kier alpha value is -1.39. The van der Waals surface area contributed by atoms with Gasteiger partial charge in [0.1, 0.15) is 0 Å². The molecule has 0 bridgehead atoms. The van der Waals surface area contributed by atoms with Crippen molar-refractivity contribution in [1.82, 2.24) is 15.5 Å². The van der Waals surface area contributed by atoms with E-state index in [1.165, 1.54) is 11.1 Å². The molecule has 20 heavy (non-hydrogen) atoms. The normalized spacial score (nSPS) is 17.9. The lowest BCUT2D eigenvalue weighted by atomic mass is 9.95. The molecule has 2 rings (SSSR count). The van der Waals surface area contributed by atoms with Crippen molar-refractivity contribution in [3.8, 4) is 0 Å². The van der Waals surface area contributed by atoms with Crippen molar-refractivity contribution in [3.63, 3.8) is 0 Å². The third-order valence-corrected chi connectivity index (χ3v) is 4.02. The zero-order valence-corrected chi connectivity index (χ0v) is 12.5. The Balaban J connectivity index is 1.80. The summed E-state index contributed by atoms with van der Waals surface area (Å²) < 4.78 is 0. The van der Waals surface area contributed by atoms with Gasteiger partial charge in [0, 0.05) is 19.6 Å². The highest BCUT2D eigenvalue weighted by Crippen LogP contribution is 2.16. The zero-order valence-electron chi connectivity index (χ0n) is 12.5. The topological polar surface area (TPSA) is 44.4 Å². The van der Waals surface area contributed by atoms with Crippen LogP contribution in [0.4, 0.5) is 0 Å². The van der Waals surface area contributed by atoms with Crippen LogP contribution in [0, 0.1) is 0 Å². The lowest BCUT2D eigenvalue weighted by Crippen LogP contribution is -2.49. The number of amides is 1. The molecule has 1 aromatic rings. The van der Waals surface area contributed by atoms with E-state index in [1.807, 2.05) is 12.1 Å². The Kier molecular flexibility index (Phi) is 5.56. The van der Waals surface area contributed by atoms with E-state index in [9.17, 15) is 4.79 Å². The van der Waals surface area contributed by atoms with Gasteiger partial charge in [-0.2, -0.15) is 0 Å². The Morgan fingerprint density at radius 2 is 2.00 bits per heavy atom. The van der Waals surface area contributed by atoms with Crippen LogP contribution in [0.1, 0.15) is 25.0 Å². The quantitative estimate of drug-likeness (QED) is 0.819. The third-order valence-electron chi connectivity index (χ3n) is 4.02. The second kappa shape index (κ2) is 7.41. The van der Waals surface area contributed by atoms with Crippen molar-refractivity contribution in [3.05, 3.63) is 35.4 Å². The van der Waals surface area contributed by atoms with Crippen LogP contribution in [0.5, 0.6) is 0 Å². The molecule has 1 unspecified atom stereocenters. The highest BCUT2D eigenvalue weighted by molar-refractivity contribution is 5.82. The first kappa shape index (κ1) is 15.0. The summed E-state index contributed by atoms with van der Waals surface area (Å²) in [6.45, 7) is 8.77. The summed E-state index contributed by atoms with van der Waals surface area (Å²) >= 11 is 0. The SMILES string of the molecule is CCN(CC)CCNC(=O)C1Cc2ccccc2CN1. The van der Waals surface area contributed by atoms with Crippen molar-refractivity contribution in [2.75, 3.05) is 26.2 Å². The Morgan fingerprint density at radius 3 is 2.70 bits per heavy atom. The van der Waals surface area contributed by atoms with E-state index in [2.05, 4.69) is 41.5 Å². The molecule has 0 aromatic heterocycles. The molecule has 0 aliphatic carbocycles. The van der Waals surface area contributed by atoms with Crippen LogP contribution < -0.4 is 10.6 Å². The highest BCUT2D eigenvalue weighted by atomic mass is 16.2. The summed E-state index contributed by atoms with van der Waals surface area (Å²) in [5, 5.41) is 6.35. The first-order valence-electron chi connectivity index (χ1n) is 7.54. The summed E-state index contributed by atoms with van der Waals surface area (Å²) in [4.78, 5) is 14.5. The lowest BCUT2D eigenvalue weighted by Gasteiger charge is -2.26. The van der Waals surface area contributed by atoms with Crippen LogP contribution in [-0.4, -0.2) is 43.0 Å². The number of likely N-dealkylation sites (N-methyl/N-ethyl adjacent to an activating group) is 1. The summed E-state index contributed by atoms with van der Waals surface area (Å²) in [6, 6.07) is 8.23. The lowest BCUT2D eigenvalue weighted by molar-refractivity contribution is -0.123. The first-order valence-corrected chi connectivity index (χ1v) is 7.54. The molecule has 0 saturated heterocycles. The van der Waals surface area contributed by atoms with Gasteiger partial charge in [-0.25, -0.2) is 0 Å². The van der Waals surface area contributed by atoms with E-state index < -0.39 is 0 Å².